The van der Waals surface area contributed by atoms with Gasteiger partial charge in [0, 0.05) is 30.1 Å². The maximum atomic E-state index is 13.5. The minimum atomic E-state index is -0.397. The van der Waals surface area contributed by atoms with Crippen molar-refractivity contribution in [3.8, 4) is 5.75 Å². The number of pyridine rings is 1. The number of oxime groups is 1. The van der Waals surface area contributed by atoms with Crippen molar-refractivity contribution in [1.29, 1.82) is 0 Å². The standard InChI is InChI=1S/C23H23FN4O3/c1-16-7-8-17(10-21(16)24)13-27-22(29)15-31-28-23(25)19-5-2-6-20(11-19)30-14-18-4-3-9-26-12-18/h2-12H,13-15H2,1H3,(H2,25,28)(H,27,29). The van der Waals surface area contributed by atoms with E-state index in [9.17, 15) is 9.18 Å². The molecule has 3 aromatic rings. The summed E-state index contributed by atoms with van der Waals surface area (Å²) in [6.07, 6.45) is 3.43. The summed E-state index contributed by atoms with van der Waals surface area (Å²) in [6.45, 7) is 1.92. The van der Waals surface area contributed by atoms with Crippen molar-refractivity contribution < 1.29 is 18.8 Å². The van der Waals surface area contributed by atoms with Crippen LogP contribution in [0.15, 0.2) is 72.1 Å². The molecule has 1 heterocycles. The third-order valence-electron chi connectivity index (χ3n) is 4.34. The minimum Gasteiger partial charge on any atom is -0.489 e. The summed E-state index contributed by atoms with van der Waals surface area (Å²) in [5.41, 5.74) is 8.68. The van der Waals surface area contributed by atoms with E-state index in [1.807, 2.05) is 12.1 Å². The predicted molar refractivity (Wildman–Crippen MR) is 115 cm³/mol. The van der Waals surface area contributed by atoms with Gasteiger partial charge in [0.15, 0.2) is 12.4 Å². The zero-order valence-corrected chi connectivity index (χ0v) is 17.0. The van der Waals surface area contributed by atoms with Crippen molar-refractivity contribution in [3.63, 3.8) is 0 Å². The van der Waals surface area contributed by atoms with Gasteiger partial charge in [0.2, 0.25) is 0 Å². The Hall–Kier alpha value is -3.94. The Morgan fingerprint density at radius 2 is 2.03 bits per heavy atom. The molecule has 0 aliphatic rings. The van der Waals surface area contributed by atoms with E-state index in [2.05, 4.69) is 15.5 Å². The molecule has 160 valence electrons. The Morgan fingerprint density at radius 1 is 1.16 bits per heavy atom. The first-order chi connectivity index (χ1) is 15.0. The van der Waals surface area contributed by atoms with Crippen LogP contribution in [0.3, 0.4) is 0 Å². The van der Waals surface area contributed by atoms with Crippen LogP contribution in [0.5, 0.6) is 5.75 Å². The molecule has 0 unspecified atom stereocenters. The number of rotatable bonds is 9. The Labute approximate surface area is 179 Å². The van der Waals surface area contributed by atoms with Gasteiger partial charge in [-0.2, -0.15) is 0 Å². The fraction of sp³-hybridized carbons (Fsp3) is 0.174. The van der Waals surface area contributed by atoms with Crippen LogP contribution < -0.4 is 15.8 Å². The SMILES string of the molecule is Cc1ccc(CNC(=O)CON=C(N)c2cccc(OCc3cccnc3)c2)cc1F. The number of aromatic nitrogens is 1. The van der Waals surface area contributed by atoms with Gasteiger partial charge in [0.05, 0.1) is 0 Å². The Kier molecular flexibility index (Phi) is 7.53. The van der Waals surface area contributed by atoms with Crippen LogP contribution in [0.4, 0.5) is 4.39 Å². The summed E-state index contributed by atoms with van der Waals surface area (Å²) >= 11 is 0. The number of carbonyl (C=O) groups is 1. The number of amides is 1. The van der Waals surface area contributed by atoms with Gasteiger partial charge in [-0.05, 0) is 42.3 Å². The molecule has 0 saturated carbocycles. The molecule has 0 spiro atoms. The molecular formula is C23H23FN4O3. The fourth-order valence-corrected chi connectivity index (χ4v) is 2.61. The number of nitrogens with two attached hydrogens (primary N) is 1. The number of nitrogens with zero attached hydrogens (tertiary/aromatic N) is 2. The molecular weight excluding hydrogens is 399 g/mol. The van der Waals surface area contributed by atoms with Gasteiger partial charge in [0.1, 0.15) is 18.2 Å². The first-order valence-corrected chi connectivity index (χ1v) is 9.60. The topological polar surface area (TPSA) is 98.8 Å². The Morgan fingerprint density at radius 3 is 2.81 bits per heavy atom. The molecule has 0 bridgehead atoms. The Balaban J connectivity index is 1.47. The van der Waals surface area contributed by atoms with E-state index in [4.69, 9.17) is 15.3 Å². The monoisotopic (exact) mass is 422 g/mol. The molecule has 0 atom stereocenters. The van der Waals surface area contributed by atoms with Gasteiger partial charge < -0.3 is 20.6 Å². The molecule has 0 aliphatic carbocycles. The van der Waals surface area contributed by atoms with Crippen LogP contribution in [0.2, 0.25) is 0 Å². The number of amidine groups is 1. The maximum Gasteiger partial charge on any atom is 0.261 e. The molecule has 0 aliphatic heterocycles. The summed E-state index contributed by atoms with van der Waals surface area (Å²) in [4.78, 5) is 21.0. The number of nitrogens with one attached hydrogen (secondary N) is 1. The summed E-state index contributed by atoms with van der Waals surface area (Å²) in [5.74, 6) is 0.0147. The fourth-order valence-electron chi connectivity index (χ4n) is 2.61. The first-order valence-electron chi connectivity index (χ1n) is 9.60. The number of benzene rings is 2. The molecule has 0 saturated heterocycles. The van der Waals surface area contributed by atoms with Crippen molar-refractivity contribution in [3.05, 3.63) is 95.1 Å². The zero-order valence-electron chi connectivity index (χ0n) is 17.0. The third-order valence-corrected chi connectivity index (χ3v) is 4.34. The average molecular weight is 422 g/mol. The largest absolute Gasteiger partial charge is 0.489 e. The van der Waals surface area contributed by atoms with E-state index in [1.165, 1.54) is 6.07 Å². The lowest BCUT2D eigenvalue weighted by atomic mass is 10.1. The highest BCUT2D eigenvalue weighted by atomic mass is 19.1. The van der Waals surface area contributed by atoms with Crippen LogP contribution in [-0.4, -0.2) is 23.3 Å². The zero-order chi connectivity index (χ0) is 22.1. The van der Waals surface area contributed by atoms with Gasteiger partial charge in [-0.1, -0.05) is 35.5 Å². The van der Waals surface area contributed by atoms with Crippen LogP contribution in [0.1, 0.15) is 22.3 Å². The van der Waals surface area contributed by atoms with Crippen molar-refractivity contribution in [1.82, 2.24) is 10.3 Å². The normalized spacial score (nSPS) is 11.1. The lowest BCUT2D eigenvalue weighted by Crippen LogP contribution is -2.27. The van der Waals surface area contributed by atoms with Crippen LogP contribution in [0, 0.1) is 12.7 Å². The average Bonchev–Trinajstić information content (AvgIpc) is 2.79. The summed E-state index contributed by atoms with van der Waals surface area (Å²) < 4.78 is 19.3. The number of aryl methyl sites for hydroxylation is 1. The summed E-state index contributed by atoms with van der Waals surface area (Å²) in [5, 5.41) is 6.42. The summed E-state index contributed by atoms with van der Waals surface area (Å²) in [6, 6.07) is 15.6. The number of hydrogen-bond acceptors (Lipinski definition) is 5. The van der Waals surface area contributed by atoms with Crippen molar-refractivity contribution in [2.75, 3.05) is 6.61 Å². The highest BCUT2D eigenvalue weighted by Crippen LogP contribution is 2.15. The molecule has 1 amide bonds. The molecule has 2 aromatic carbocycles. The van der Waals surface area contributed by atoms with Gasteiger partial charge in [0.25, 0.3) is 5.91 Å². The quantitative estimate of drug-likeness (QED) is 0.314. The van der Waals surface area contributed by atoms with Crippen molar-refractivity contribution in [2.45, 2.75) is 20.1 Å². The maximum absolute atomic E-state index is 13.5. The molecule has 3 rings (SSSR count). The number of hydrogen-bond donors (Lipinski definition) is 2. The Bertz CT molecular complexity index is 1060. The molecule has 1 aromatic heterocycles. The van der Waals surface area contributed by atoms with Gasteiger partial charge in [-0.15, -0.1) is 0 Å². The molecule has 0 radical (unpaired) electrons. The number of halogens is 1. The second kappa shape index (κ2) is 10.7. The molecule has 31 heavy (non-hydrogen) atoms. The van der Waals surface area contributed by atoms with E-state index < -0.39 is 5.91 Å². The molecule has 0 fully saturated rings. The first kappa shape index (κ1) is 21.8. The van der Waals surface area contributed by atoms with Crippen molar-refractivity contribution in [2.24, 2.45) is 10.9 Å². The molecule has 3 N–H and O–H groups in total. The van der Waals surface area contributed by atoms with Gasteiger partial charge in [-0.25, -0.2) is 4.39 Å². The highest BCUT2D eigenvalue weighted by molar-refractivity contribution is 5.97. The van der Waals surface area contributed by atoms with E-state index >= 15 is 0 Å². The van der Waals surface area contributed by atoms with Crippen LogP contribution >= 0.6 is 0 Å². The highest BCUT2D eigenvalue weighted by Gasteiger charge is 2.06. The lowest BCUT2D eigenvalue weighted by molar-refractivity contribution is -0.125. The molecule has 8 heteroatoms. The van der Waals surface area contributed by atoms with E-state index in [0.717, 1.165) is 5.56 Å². The lowest BCUT2D eigenvalue weighted by Gasteiger charge is -2.08. The van der Waals surface area contributed by atoms with Gasteiger partial charge in [-0.3, -0.25) is 9.78 Å². The second-order valence-electron chi connectivity index (χ2n) is 6.79. The smallest absolute Gasteiger partial charge is 0.261 e. The van der Waals surface area contributed by atoms with Crippen molar-refractivity contribution >= 4 is 11.7 Å². The van der Waals surface area contributed by atoms with E-state index in [1.54, 1.807) is 55.7 Å². The van der Waals surface area contributed by atoms with Crippen LogP contribution in [-0.2, 0) is 22.8 Å². The van der Waals surface area contributed by atoms with E-state index in [-0.39, 0.29) is 24.8 Å². The second-order valence-corrected chi connectivity index (χ2v) is 6.79. The molecule has 7 nitrogen and oxygen atoms in total. The van der Waals surface area contributed by atoms with Gasteiger partial charge >= 0.3 is 0 Å². The predicted octanol–water partition coefficient (Wildman–Crippen LogP) is 3.06. The van der Waals surface area contributed by atoms with E-state index in [0.29, 0.717) is 29.0 Å². The third kappa shape index (κ3) is 6.81. The van der Waals surface area contributed by atoms with Crippen LogP contribution in [0.25, 0.3) is 0 Å². The number of carbonyl (C=O) groups excluding carboxylic acids is 1. The summed E-state index contributed by atoms with van der Waals surface area (Å²) in [7, 11) is 0. The minimum absolute atomic E-state index is 0.111. The number of ether oxygens (including phenoxy) is 1.